The van der Waals surface area contributed by atoms with Gasteiger partial charge >= 0.3 is 0 Å². The van der Waals surface area contributed by atoms with Gasteiger partial charge in [0.25, 0.3) is 0 Å². The van der Waals surface area contributed by atoms with Gasteiger partial charge < -0.3 is 10.2 Å². The van der Waals surface area contributed by atoms with Crippen LogP contribution in [-0.2, 0) is 22.6 Å². The molecule has 142 valence electrons. The maximum atomic E-state index is 12.6. The van der Waals surface area contributed by atoms with Crippen molar-refractivity contribution in [3.63, 3.8) is 0 Å². The number of aromatic nitrogens is 1. The minimum atomic E-state index is -0.802. The predicted molar refractivity (Wildman–Crippen MR) is 106 cm³/mol. The molecular weight excluding hydrogens is 385 g/mol. The highest BCUT2D eigenvalue weighted by atomic mass is 35.5. The van der Waals surface area contributed by atoms with E-state index < -0.39 is 5.54 Å². The summed E-state index contributed by atoms with van der Waals surface area (Å²) in [5.41, 5.74) is 0.991. The Morgan fingerprint density at radius 1 is 1.30 bits per heavy atom. The van der Waals surface area contributed by atoms with Crippen LogP contribution in [0.1, 0.15) is 30.9 Å². The lowest BCUT2D eigenvalue weighted by atomic mass is 9.85. The number of pyridine rings is 1. The van der Waals surface area contributed by atoms with Crippen LogP contribution in [0.25, 0.3) is 0 Å². The Morgan fingerprint density at radius 3 is 2.74 bits per heavy atom. The molecule has 7 heteroatoms. The van der Waals surface area contributed by atoms with E-state index in [0.29, 0.717) is 42.4 Å². The number of carbonyl (C=O) groups excluding carboxylic acids is 2. The van der Waals surface area contributed by atoms with Crippen LogP contribution in [0.15, 0.2) is 42.7 Å². The van der Waals surface area contributed by atoms with Crippen LogP contribution in [0.5, 0.6) is 0 Å². The van der Waals surface area contributed by atoms with E-state index in [4.69, 9.17) is 23.2 Å². The molecule has 3 rings (SSSR count). The number of likely N-dealkylation sites (tertiary alicyclic amines) is 1. The Bertz CT molecular complexity index is 844. The monoisotopic (exact) mass is 405 g/mol. The van der Waals surface area contributed by atoms with Crippen LogP contribution >= 0.6 is 23.2 Å². The van der Waals surface area contributed by atoms with Crippen molar-refractivity contribution < 1.29 is 9.59 Å². The van der Waals surface area contributed by atoms with Gasteiger partial charge in [-0.3, -0.25) is 14.6 Å². The lowest BCUT2D eigenvalue weighted by Crippen LogP contribution is -2.67. The molecule has 1 N–H and O–H groups in total. The van der Waals surface area contributed by atoms with Crippen LogP contribution < -0.4 is 5.32 Å². The maximum absolute atomic E-state index is 12.6. The molecule has 1 saturated heterocycles. The molecule has 5 nitrogen and oxygen atoms in total. The molecular formula is C20H21Cl2N3O2. The third-order valence-corrected chi connectivity index (χ3v) is 5.59. The van der Waals surface area contributed by atoms with Gasteiger partial charge in [0.05, 0.1) is 0 Å². The zero-order valence-electron chi connectivity index (χ0n) is 15.0. The molecule has 2 aromatic rings. The first-order valence-electron chi connectivity index (χ1n) is 8.82. The topological polar surface area (TPSA) is 62.3 Å². The van der Waals surface area contributed by atoms with Crippen molar-refractivity contribution in [2.45, 2.75) is 38.3 Å². The normalized spacial score (nSPS) is 18.7. The summed E-state index contributed by atoms with van der Waals surface area (Å²) in [6, 6.07) is 8.97. The van der Waals surface area contributed by atoms with Gasteiger partial charge in [-0.15, -0.1) is 0 Å². The second-order valence-corrected chi connectivity index (χ2v) is 7.69. The third-order valence-electron chi connectivity index (χ3n) is 5.01. The number of carbonyl (C=O) groups is 2. The molecule has 2 amide bonds. The summed E-state index contributed by atoms with van der Waals surface area (Å²) in [7, 11) is 0. The Kier molecular flexibility index (Phi) is 6.02. The minimum absolute atomic E-state index is 0.0497. The van der Waals surface area contributed by atoms with Crippen LogP contribution in [-0.4, -0.2) is 33.8 Å². The van der Waals surface area contributed by atoms with E-state index in [0.717, 1.165) is 11.1 Å². The molecule has 1 unspecified atom stereocenters. The van der Waals surface area contributed by atoms with E-state index >= 15 is 0 Å². The SMILES string of the molecule is CC1(C(=O)NCc2cccnc2)CCN1C(=O)CCc1ccc(Cl)cc1Cl. The Labute approximate surface area is 168 Å². The standard InChI is InChI=1S/C20H21Cl2N3O2/c1-20(19(27)24-13-14-3-2-9-23-12-14)8-10-25(20)18(26)7-5-15-4-6-16(21)11-17(15)22/h2-4,6,9,11-12H,5,7-8,10,13H2,1H3,(H,24,27). The Morgan fingerprint density at radius 2 is 2.11 bits per heavy atom. The third kappa shape index (κ3) is 4.42. The summed E-state index contributed by atoms with van der Waals surface area (Å²) < 4.78 is 0. The zero-order valence-corrected chi connectivity index (χ0v) is 16.6. The van der Waals surface area contributed by atoms with E-state index in [9.17, 15) is 9.59 Å². The first-order chi connectivity index (χ1) is 12.9. The van der Waals surface area contributed by atoms with Crippen molar-refractivity contribution in [1.82, 2.24) is 15.2 Å². The molecule has 0 aliphatic carbocycles. The molecule has 1 aromatic heterocycles. The highest BCUT2D eigenvalue weighted by Crippen LogP contribution is 2.32. The fourth-order valence-electron chi connectivity index (χ4n) is 3.17. The molecule has 2 heterocycles. The van der Waals surface area contributed by atoms with Gasteiger partial charge in [-0.1, -0.05) is 35.3 Å². The molecule has 1 aliphatic rings. The number of nitrogens with one attached hydrogen (secondary N) is 1. The van der Waals surface area contributed by atoms with Gasteiger partial charge in [-0.25, -0.2) is 0 Å². The van der Waals surface area contributed by atoms with Crippen molar-refractivity contribution in [1.29, 1.82) is 0 Å². The summed E-state index contributed by atoms with van der Waals surface area (Å²) >= 11 is 12.1. The zero-order chi connectivity index (χ0) is 19.4. The molecule has 1 atom stereocenters. The lowest BCUT2D eigenvalue weighted by Gasteiger charge is -2.49. The van der Waals surface area contributed by atoms with Crippen molar-refractivity contribution in [2.24, 2.45) is 0 Å². The fraction of sp³-hybridized carbons (Fsp3) is 0.350. The van der Waals surface area contributed by atoms with E-state index in [1.807, 2.05) is 25.1 Å². The average Bonchev–Trinajstić information content (AvgIpc) is 2.64. The molecule has 0 saturated carbocycles. The molecule has 1 aliphatic heterocycles. The van der Waals surface area contributed by atoms with Crippen LogP contribution in [0.4, 0.5) is 0 Å². The predicted octanol–water partition coefficient (Wildman–Crippen LogP) is 3.63. The van der Waals surface area contributed by atoms with Gasteiger partial charge in [0.1, 0.15) is 5.54 Å². The first-order valence-corrected chi connectivity index (χ1v) is 9.57. The van der Waals surface area contributed by atoms with Gasteiger partial charge in [-0.05, 0) is 49.1 Å². The second kappa shape index (κ2) is 8.28. The van der Waals surface area contributed by atoms with Gasteiger partial charge in [0.15, 0.2) is 0 Å². The van der Waals surface area contributed by atoms with Crippen molar-refractivity contribution >= 4 is 35.0 Å². The fourth-order valence-corrected chi connectivity index (χ4v) is 3.67. The van der Waals surface area contributed by atoms with Crippen LogP contribution in [0, 0.1) is 0 Å². The highest BCUT2D eigenvalue weighted by molar-refractivity contribution is 6.35. The number of hydrogen-bond donors (Lipinski definition) is 1. The summed E-state index contributed by atoms with van der Waals surface area (Å²) in [4.78, 5) is 31.0. The van der Waals surface area contributed by atoms with Crippen LogP contribution in [0.3, 0.4) is 0 Å². The van der Waals surface area contributed by atoms with Crippen molar-refractivity contribution in [3.8, 4) is 0 Å². The Balaban J connectivity index is 1.56. The number of halogens is 2. The summed E-state index contributed by atoms with van der Waals surface area (Å²) in [5.74, 6) is -0.193. The Hall–Kier alpha value is -2.11. The largest absolute Gasteiger partial charge is 0.350 e. The second-order valence-electron chi connectivity index (χ2n) is 6.85. The average molecular weight is 406 g/mol. The molecule has 1 aromatic carbocycles. The maximum Gasteiger partial charge on any atom is 0.246 e. The van der Waals surface area contributed by atoms with E-state index in [1.165, 1.54) is 0 Å². The number of rotatable bonds is 6. The number of nitrogens with zero attached hydrogens (tertiary/aromatic N) is 2. The number of hydrogen-bond acceptors (Lipinski definition) is 3. The summed E-state index contributed by atoms with van der Waals surface area (Å²) in [5, 5.41) is 4.02. The highest BCUT2D eigenvalue weighted by Gasteiger charge is 2.48. The molecule has 0 radical (unpaired) electrons. The summed E-state index contributed by atoms with van der Waals surface area (Å²) in [6.45, 7) is 2.79. The number of benzene rings is 1. The van der Waals surface area contributed by atoms with Crippen molar-refractivity contribution in [2.75, 3.05) is 6.54 Å². The quantitative estimate of drug-likeness (QED) is 0.797. The lowest BCUT2D eigenvalue weighted by molar-refractivity contribution is -0.157. The molecule has 0 bridgehead atoms. The van der Waals surface area contributed by atoms with E-state index in [-0.39, 0.29) is 11.8 Å². The smallest absolute Gasteiger partial charge is 0.246 e. The molecule has 27 heavy (non-hydrogen) atoms. The van der Waals surface area contributed by atoms with Gasteiger partial charge in [0.2, 0.25) is 11.8 Å². The van der Waals surface area contributed by atoms with E-state index in [2.05, 4.69) is 10.3 Å². The molecule has 0 spiro atoms. The van der Waals surface area contributed by atoms with E-state index in [1.54, 1.807) is 29.4 Å². The minimum Gasteiger partial charge on any atom is -0.350 e. The van der Waals surface area contributed by atoms with Crippen molar-refractivity contribution in [3.05, 3.63) is 63.9 Å². The van der Waals surface area contributed by atoms with Gasteiger partial charge in [0, 0.05) is 41.9 Å². The van der Waals surface area contributed by atoms with Crippen LogP contribution in [0.2, 0.25) is 10.0 Å². The summed E-state index contributed by atoms with van der Waals surface area (Å²) in [6.07, 6.45) is 4.86. The number of aryl methyl sites for hydroxylation is 1. The number of amides is 2. The molecule has 1 fully saturated rings. The van der Waals surface area contributed by atoms with Gasteiger partial charge in [-0.2, -0.15) is 0 Å². The first kappa shape index (κ1) is 19.6.